The van der Waals surface area contributed by atoms with Gasteiger partial charge in [-0.1, -0.05) is 24.3 Å². The Hall–Kier alpha value is -2.61. The van der Waals surface area contributed by atoms with Crippen LogP contribution < -0.4 is 10.6 Å². The van der Waals surface area contributed by atoms with Crippen LogP contribution in [0.1, 0.15) is 70.9 Å². The summed E-state index contributed by atoms with van der Waals surface area (Å²) in [5.41, 5.74) is 1.61. The number of nitrogens with one attached hydrogen (secondary N) is 2. The first-order chi connectivity index (χ1) is 15.5. The molecule has 186 valence electrons. The van der Waals surface area contributed by atoms with Gasteiger partial charge in [0.15, 0.2) is 0 Å². The molecular formula is C25H40N2O6. The molecule has 2 N–H and O–H groups in total. The van der Waals surface area contributed by atoms with Crippen LogP contribution in [0.5, 0.6) is 0 Å². The topological polar surface area (TPSA) is 103 Å². The fraction of sp³-hybridized carbons (Fsp3) is 0.640. The Kier molecular flexibility index (Phi) is 12.5. The van der Waals surface area contributed by atoms with Gasteiger partial charge in [-0.2, -0.15) is 0 Å². The largest absolute Gasteiger partial charge is 0.469 e. The molecule has 0 bridgehead atoms. The van der Waals surface area contributed by atoms with Crippen LogP contribution in [0.15, 0.2) is 24.3 Å². The van der Waals surface area contributed by atoms with E-state index in [-0.39, 0.29) is 30.4 Å². The first-order valence-electron chi connectivity index (χ1n) is 11.5. The summed E-state index contributed by atoms with van der Waals surface area (Å²) < 4.78 is 16.0. The minimum atomic E-state index is -0.611. The summed E-state index contributed by atoms with van der Waals surface area (Å²) in [4.78, 5) is 35.1. The number of benzene rings is 1. The van der Waals surface area contributed by atoms with Crippen molar-refractivity contribution in [2.45, 2.75) is 90.6 Å². The number of amides is 2. The third-order valence-corrected chi connectivity index (χ3v) is 5.09. The number of aryl methyl sites for hydroxylation is 1. The lowest BCUT2D eigenvalue weighted by Gasteiger charge is -2.27. The quantitative estimate of drug-likeness (QED) is 0.339. The zero-order valence-corrected chi connectivity index (χ0v) is 20.9. The number of hydrogen-bond acceptors (Lipinski definition) is 6. The summed E-state index contributed by atoms with van der Waals surface area (Å²) in [6.45, 7) is 7.66. The molecule has 2 atom stereocenters. The van der Waals surface area contributed by atoms with E-state index < -0.39 is 11.7 Å². The van der Waals surface area contributed by atoms with Gasteiger partial charge >= 0.3 is 12.1 Å². The number of carbonyl (C=O) groups is 3. The molecule has 1 aromatic rings. The fourth-order valence-corrected chi connectivity index (χ4v) is 3.14. The maximum absolute atomic E-state index is 12.2. The third-order valence-electron chi connectivity index (χ3n) is 5.09. The van der Waals surface area contributed by atoms with Crippen LogP contribution in [0, 0.1) is 0 Å². The Morgan fingerprint density at radius 2 is 1.64 bits per heavy atom. The smallest absolute Gasteiger partial charge is 0.407 e. The molecule has 0 aliphatic rings. The van der Waals surface area contributed by atoms with Gasteiger partial charge < -0.3 is 24.8 Å². The molecular weight excluding hydrogens is 424 g/mol. The lowest BCUT2D eigenvalue weighted by molar-refractivity contribution is -0.140. The van der Waals surface area contributed by atoms with E-state index in [2.05, 4.69) is 27.5 Å². The minimum Gasteiger partial charge on any atom is -0.469 e. The Morgan fingerprint density at radius 3 is 2.21 bits per heavy atom. The molecule has 0 aliphatic carbocycles. The molecule has 0 saturated heterocycles. The van der Waals surface area contributed by atoms with Crippen LogP contribution in [-0.4, -0.2) is 49.9 Å². The number of methoxy groups -OCH3 is 1. The van der Waals surface area contributed by atoms with Crippen molar-refractivity contribution in [3.8, 4) is 0 Å². The summed E-state index contributed by atoms with van der Waals surface area (Å²) in [5, 5.41) is 5.43. The monoisotopic (exact) mass is 464 g/mol. The summed E-state index contributed by atoms with van der Waals surface area (Å²) >= 11 is 0. The van der Waals surface area contributed by atoms with Crippen LogP contribution in [0.3, 0.4) is 0 Å². The molecule has 1 aromatic carbocycles. The van der Waals surface area contributed by atoms with Crippen molar-refractivity contribution in [3.63, 3.8) is 0 Å². The Labute approximate surface area is 197 Å². The number of ether oxygens (including phenoxy) is 3. The van der Waals surface area contributed by atoms with Gasteiger partial charge in [0.05, 0.1) is 25.9 Å². The molecule has 0 aliphatic heterocycles. The molecule has 0 spiro atoms. The predicted molar refractivity (Wildman–Crippen MR) is 127 cm³/mol. The van der Waals surface area contributed by atoms with Crippen molar-refractivity contribution in [3.05, 3.63) is 35.4 Å². The fourth-order valence-electron chi connectivity index (χ4n) is 3.14. The van der Waals surface area contributed by atoms with Gasteiger partial charge in [-0.25, -0.2) is 4.79 Å². The molecule has 0 fully saturated rings. The van der Waals surface area contributed by atoms with Crippen molar-refractivity contribution in [1.29, 1.82) is 0 Å². The first kappa shape index (κ1) is 28.4. The number of alkyl carbamates (subject to hydrolysis) is 1. The maximum Gasteiger partial charge on any atom is 0.407 e. The van der Waals surface area contributed by atoms with E-state index in [9.17, 15) is 14.4 Å². The van der Waals surface area contributed by atoms with Crippen LogP contribution >= 0.6 is 0 Å². The number of unbranched alkanes of at least 4 members (excludes halogenated alkanes) is 1. The molecule has 0 aromatic heterocycles. The van der Waals surface area contributed by atoms with Crippen molar-refractivity contribution < 1.29 is 28.6 Å². The Balaban J connectivity index is 2.58. The summed E-state index contributed by atoms with van der Waals surface area (Å²) in [6.07, 6.45) is 2.92. The van der Waals surface area contributed by atoms with Crippen LogP contribution in [0.25, 0.3) is 0 Å². The molecule has 33 heavy (non-hydrogen) atoms. The van der Waals surface area contributed by atoms with Gasteiger partial charge in [0.2, 0.25) is 5.91 Å². The van der Waals surface area contributed by atoms with Crippen LogP contribution in [0.4, 0.5) is 4.79 Å². The SMILES string of the molecule is CNC(=O)CC[C@H](NC(=O)OC(C)(C)C)[C@@H](C)OCc1ccc(CCCCC(=O)OC)cc1. The van der Waals surface area contributed by atoms with Gasteiger partial charge in [-0.05, 0) is 64.5 Å². The minimum absolute atomic E-state index is 0.0969. The molecule has 0 radical (unpaired) electrons. The Morgan fingerprint density at radius 1 is 1.00 bits per heavy atom. The van der Waals surface area contributed by atoms with Gasteiger partial charge in [0.25, 0.3) is 0 Å². The average molecular weight is 465 g/mol. The van der Waals surface area contributed by atoms with Crippen molar-refractivity contribution >= 4 is 18.0 Å². The van der Waals surface area contributed by atoms with E-state index in [4.69, 9.17) is 9.47 Å². The van der Waals surface area contributed by atoms with Crippen LogP contribution in [0.2, 0.25) is 0 Å². The van der Waals surface area contributed by atoms with Crippen molar-refractivity contribution in [1.82, 2.24) is 10.6 Å². The van der Waals surface area contributed by atoms with E-state index in [1.54, 1.807) is 27.8 Å². The second-order valence-corrected chi connectivity index (χ2v) is 9.08. The number of esters is 1. The molecule has 2 amide bonds. The molecule has 8 nitrogen and oxygen atoms in total. The van der Waals surface area contributed by atoms with E-state index in [1.165, 1.54) is 12.7 Å². The Bertz CT molecular complexity index is 742. The third kappa shape index (κ3) is 12.9. The zero-order chi connectivity index (χ0) is 24.9. The van der Waals surface area contributed by atoms with E-state index in [1.807, 2.05) is 19.1 Å². The van der Waals surface area contributed by atoms with Gasteiger partial charge in [-0.15, -0.1) is 0 Å². The second-order valence-electron chi connectivity index (χ2n) is 9.08. The average Bonchev–Trinajstić information content (AvgIpc) is 2.76. The van der Waals surface area contributed by atoms with E-state index in [0.29, 0.717) is 19.4 Å². The molecule has 8 heteroatoms. The van der Waals surface area contributed by atoms with Gasteiger partial charge in [-0.3, -0.25) is 9.59 Å². The molecule has 0 unspecified atom stereocenters. The van der Waals surface area contributed by atoms with Crippen molar-refractivity contribution in [2.75, 3.05) is 14.2 Å². The standard InChI is InChI=1S/C25H40N2O6/c1-18(21(15-16-22(28)26-5)27-24(30)33-25(2,3)4)32-17-20-13-11-19(12-14-20)9-7-8-10-23(29)31-6/h11-14,18,21H,7-10,15-17H2,1-6H3,(H,26,28)(H,27,30)/t18-,21+/m1/s1. The number of hydrogen-bond donors (Lipinski definition) is 2. The summed E-state index contributed by atoms with van der Waals surface area (Å²) in [7, 11) is 2.99. The van der Waals surface area contributed by atoms with E-state index in [0.717, 1.165) is 24.8 Å². The lowest BCUT2D eigenvalue weighted by atomic mass is 10.0. The highest BCUT2D eigenvalue weighted by molar-refractivity contribution is 5.75. The first-order valence-corrected chi connectivity index (χ1v) is 11.5. The molecule has 0 heterocycles. The number of carbonyl (C=O) groups excluding carboxylic acids is 3. The number of rotatable bonds is 13. The van der Waals surface area contributed by atoms with E-state index >= 15 is 0 Å². The maximum atomic E-state index is 12.2. The normalized spacial score (nSPS) is 13.0. The van der Waals surface area contributed by atoms with Gasteiger partial charge in [0, 0.05) is 19.9 Å². The second kappa shape index (κ2) is 14.5. The van der Waals surface area contributed by atoms with Gasteiger partial charge in [0.1, 0.15) is 5.60 Å². The summed E-state index contributed by atoms with van der Waals surface area (Å²) in [5.74, 6) is -0.272. The predicted octanol–water partition coefficient (Wildman–Crippen LogP) is 3.90. The summed E-state index contributed by atoms with van der Waals surface area (Å²) in [6, 6.07) is 7.78. The molecule has 1 rings (SSSR count). The van der Waals surface area contributed by atoms with Crippen LogP contribution in [-0.2, 0) is 36.8 Å². The highest BCUT2D eigenvalue weighted by Gasteiger charge is 2.24. The molecule has 0 saturated carbocycles. The zero-order valence-electron chi connectivity index (χ0n) is 20.9. The highest BCUT2D eigenvalue weighted by atomic mass is 16.6. The lowest BCUT2D eigenvalue weighted by Crippen LogP contribution is -2.45. The highest BCUT2D eigenvalue weighted by Crippen LogP contribution is 2.14. The van der Waals surface area contributed by atoms with Crippen molar-refractivity contribution in [2.24, 2.45) is 0 Å².